The van der Waals surface area contributed by atoms with Crippen LogP contribution in [0.2, 0.25) is 0 Å². The van der Waals surface area contributed by atoms with E-state index >= 15 is 0 Å². The van der Waals surface area contributed by atoms with Crippen LogP contribution in [0.1, 0.15) is 51.6 Å². The van der Waals surface area contributed by atoms with Crippen molar-refractivity contribution in [2.75, 3.05) is 26.3 Å². The molecule has 0 aliphatic carbocycles. The number of ether oxygens (including phenoxy) is 2. The molecule has 1 unspecified atom stereocenters. The van der Waals surface area contributed by atoms with Crippen molar-refractivity contribution in [1.29, 1.82) is 0 Å². The molecule has 5 nitrogen and oxygen atoms in total. The van der Waals surface area contributed by atoms with Gasteiger partial charge < -0.3 is 20.1 Å². The van der Waals surface area contributed by atoms with Crippen LogP contribution in [0.25, 0.3) is 0 Å². The first-order chi connectivity index (χ1) is 12.6. The van der Waals surface area contributed by atoms with Crippen LogP contribution in [-0.4, -0.2) is 37.9 Å². The number of nitrogens with zero attached hydrogens (tertiary/aromatic N) is 1. The van der Waals surface area contributed by atoms with Gasteiger partial charge in [-0.3, -0.25) is 4.99 Å². The van der Waals surface area contributed by atoms with E-state index in [1.54, 1.807) is 0 Å². The van der Waals surface area contributed by atoms with Crippen LogP contribution in [0.5, 0.6) is 5.75 Å². The van der Waals surface area contributed by atoms with Crippen molar-refractivity contribution in [3.63, 3.8) is 0 Å². The van der Waals surface area contributed by atoms with E-state index in [1.165, 1.54) is 11.1 Å². The highest BCUT2D eigenvalue weighted by Crippen LogP contribution is 2.39. The number of rotatable bonds is 5. The Morgan fingerprint density at radius 3 is 2.92 bits per heavy atom. The summed E-state index contributed by atoms with van der Waals surface area (Å²) in [5, 5.41) is 7.00. The van der Waals surface area contributed by atoms with Gasteiger partial charge in [0.1, 0.15) is 11.4 Å². The quantitative estimate of drug-likeness (QED) is 0.480. The van der Waals surface area contributed by atoms with E-state index < -0.39 is 0 Å². The van der Waals surface area contributed by atoms with Crippen LogP contribution >= 0.6 is 0 Å². The topological polar surface area (TPSA) is 54.9 Å². The highest BCUT2D eigenvalue weighted by molar-refractivity contribution is 5.80. The lowest BCUT2D eigenvalue weighted by atomic mass is 9.90. The predicted octanol–water partition coefficient (Wildman–Crippen LogP) is 3.58. The van der Waals surface area contributed by atoms with E-state index in [0.29, 0.717) is 0 Å². The lowest BCUT2D eigenvalue weighted by Gasteiger charge is -2.38. The average Bonchev–Trinajstić information content (AvgIpc) is 2.62. The second-order valence-corrected chi connectivity index (χ2v) is 7.50. The molecule has 0 fully saturated rings. The largest absolute Gasteiger partial charge is 0.487 e. The highest BCUT2D eigenvalue weighted by Gasteiger charge is 2.33. The van der Waals surface area contributed by atoms with Crippen molar-refractivity contribution in [3.8, 4) is 5.75 Å². The number of hydrogen-bond donors (Lipinski definition) is 2. The van der Waals surface area contributed by atoms with Crippen molar-refractivity contribution >= 4 is 5.96 Å². The van der Waals surface area contributed by atoms with Crippen molar-refractivity contribution in [3.05, 3.63) is 41.5 Å². The molecule has 0 bridgehead atoms. The Balaban J connectivity index is 1.68. The van der Waals surface area contributed by atoms with E-state index in [0.717, 1.165) is 57.3 Å². The van der Waals surface area contributed by atoms with Crippen LogP contribution in [-0.2, 0) is 4.74 Å². The minimum absolute atomic E-state index is 0.190. The van der Waals surface area contributed by atoms with Gasteiger partial charge in [0.25, 0.3) is 0 Å². The van der Waals surface area contributed by atoms with Crippen LogP contribution < -0.4 is 15.4 Å². The van der Waals surface area contributed by atoms with E-state index in [-0.39, 0.29) is 11.6 Å². The Hall–Kier alpha value is -2.01. The maximum absolute atomic E-state index is 6.13. The number of aliphatic imine (C=N–C) groups is 1. The van der Waals surface area contributed by atoms with E-state index in [1.807, 2.05) is 12.1 Å². The van der Waals surface area contributed by atoms with Gasteiger partial charge >= 0.3 is 0 Å². The highest BCUT2D eigenvalue weighted by atomic mass is 16.5. The maximum atomic E-state index is 6.13. The summed E-state index contributed by atoms with van der Waals surface area (Å²) in [6.07, 6.45) is 5.12. The molecule has 2 heterocycles. The molecule has 142 valence electrons. The van der Waals surface area contributed by atoms with Crippen LogP contribution in [0.3, 0.4) is 0 Å². The summed E-state index contributed by atoms with van der Waals surface area (Å²) in [7, 11) is 0. The Bertz CT molecular complexity index is 667. The molecule has 5 heteroatoms. The van der Waals surface area contributed by atoms with Crippen LogP contribution in [0.4, 0.5) is 0 Å². The van der Waals surface area contributed by atoms with Gasteiger partial charge in [-0.15, -0.1) is 0 Å². The summed E-state index contributed by atoms with van der Waals surface area (Å²) in [6.45, 7) is 9.58. The zero-order valence-corrected chi connectivity index (χ0v) is 16.2. The number of hydrogen-bond acceptors (Lipinski definition) is 3. The number of nitrogens with one attached hydrogen (secondary N) is 2. The predicted molar refractivity (Wildman–Crippen MR) is 106 cm³/mol. The van der Waals surface area contributed by atoms with E-state index in [4.69, 9.17) is 14.5 Å². The molecule has 0 saturated carbocycles. The third-order valence-corrected chi connectivity index (χ3v) is 4.79. The van der Waals surface area contributed by atoms with E-state index in [2.05, 4.69) is 49.6 Å². The molecule has 0 saturated heterocycles. The van der Waals surface area contributed by atoms with Gasteiger partial charge in [-0.1, -0.05) is 29.8 Å². The fourth-order valence-electron chi connectivity index (χ4n) is 3.52. The van der Waals surface area contributed by atoms with Gasteiger partial charge in [0.2, 0.25) is 0 Å². The molecule has 1 aromatic rings. The molecule has 2 N–H and O–H groups in total. The third kappa shape index (κ3) is 5.01. The molecule has 0 radical (unpaired) electrons. The summed E-state index contributed by atoms with van der Waals surface area (Å²) in [5.74, 6) is 1.84. The summed E-state index contributed by atoms with van der Waals surface area (Å²) in [4.78, 5) is 4.79. The molecule has 1 atom stereocenters. The maximum Gasteiger partial charge on any atom is 0.191 e. The van der Waals surface area contributed by atoms with Gasteiger partial charge in [0, 0.05) is 25.1 Å². The normalized spacial score (nSPS) is 22.0. The molecule has 1 aromatic carbocycles. The number of fused-ring (bicyclic) bond motifs is 1. The Morgan fingerprint density at radius 2 is 2.15 bits per heavy atom. The molecule has 0 spiro atoms. The zero-order chi connectivity index (χ0) is 18.4. The van der Waals surface area contributed by atoms with Gasteiger partial charge in [0.05, 0.1) is 19.3 Å². The fourth-order valence-corrected chi connectivity index (χ4v) is 3.52. The summed E-state index contributed by atoms with van der Waals surface area (Å²) < 4.78 is 11.5. The van der Waals surface area contributed by atoms with Crippen molar-refractivity contribution in [1.82, 2.24) is 10.6 Å². The third-order valence-electron chi connectivity index (χ3n) is 4.79. The molecule has 26 heavy (non-hydrogen) atoms. The lowest BCUT2D eigenvalue weighted by molar-refractivity contribution is 0.0694. The van der Waals surface area contributed by atoms with Gasteiger partial charge in [0.15, 0.2) is 5.96 Å². The average molecular weight is 357 g/mol. The first-order valence-electron chi connectivity index (χ1n) is 9.66. The standard InChI is InChI=1S/C21H31N3O2/c1-4-22-20(23-12-9-16-10-13-25-14-11-16)24-18-15-21(2,3)26-19-8-6-5-7-17(18)19/h5-8,10,18H,4,9,11-15H2,1-3H3,(H2,22,23,24). The molecule has 0 amide bonds. The molecule has 2 aliphatic heterocycles. The number of benzene rings is 1. The monoisotopic (exact) mass is 357 g/mol. The Morgan fingerprint density at radius 1 is 1.31 bits per heavy atom. The molecular formula is C21H31N3O2. The Labute approximate surface area is 156 Å². The van der Waals surface area contributed by atoms with Gasteiger partial charge in [-0.25, -0.2) is 0 Å². The molecular weight excluding hydrogens is 326 g/mol. The minimum atomic E-state index is -0.198. The number of guanidine groups is 1. The molecule has 2 aliphatic rings. The SMILES string of the molecule is CCNC(=NCCC1=CCOCC1)NC1CC(C)(C)Oc2ccccc21. The van der Waals surface area contributed by atoms with Crippen LogP contribution in [0.15, 0.2) is 40.9 Å². The summed E-state index contributed by atoms with van der Waals surface area (Å²) >= 11 is 0. The first kappa shape index (κ1) is 18.8. The second kappa shape index (κ2) is 8.58. The Kier molecular flexibility index (Phi) is 6.20. The van der Waals surface area contributed by atoms with Gasteiger partial charge in [-0.05, 0) is 39.7 Å². The second-order valence-electron chi connectivity index (χ2n) is 7.50. The smallest absolute Gasteiger partial charge is 0.191 e. The number of para-hydroxylation sites is 1. The summed E-state index contributed by atoms with van der Waals surface area (Å²) in [6, 6.07) is 8.47. The molecule has 0 aromatic heterocycles. The first-order valence-corrected chi connectivity index (χ1v) is 9.66. The summed E-state index contributed by atoms with van der Waals surface area (Å²) in [5.41, 5.74) is 2.45. The zero-order valence-electron chi connectivity index (χ0n) is 16.2. The fraction of sp³-hybridized carbons (Fsp3) is 0.571. The van der Waals surface area contributed by atoms with Crippen LogP contribution in [0, 0.1) is 0 Å². The lowest BCUT2D eigenvalue weighted by Crippen LogP contribution is -2.45. The van der Waals surface area contributed by atoms with Crippen molar-refractivity contribution < 1.29 is 9.47 Å². The van der Waals surface area contributed by atoms with E-state index in [9.17, 15) is 0 Å². The molecule has 3 rings (SSSR count). The van der Waals surface area contributed by atoms with Crippen molar-refractivity contribution in [2.45, 2.75) is 51.7 Å². The van der Waals surface area contributed by atoms with Crippen molar-refractivity contribution in [2.24, 2.45) is 4.99 Å². The minimum Gasteiger partial charge on any atom is -0.487 e. The van der Waals surface area contributed by atoms with Gasteiger partial charge in [-0.2, -0.15) is 0 Å².